The summed E-state index contributed by atoms with van der Waals surface area (Å²) in [6.45, 7) is 4.78. The van der Waals surface area contributed by atoms with Crippen LogP contribution in [0.25, 0.3) is 0 Å². The van der Waals surface area contributed by atoms with E-state index in [-0.39, 0.29) is 0 Å². The monoisotopic (exact) mass is 244 g/mol. The summed E-state index contributed by atoms with van der Waals surface area (Å²) >= 11 is 0. The van der Waals surface area contributed by atoms with E-state index in [0.29, 0.717) is 6.04 Å². The molecule has 1 saturated carbocycles. The molecule has 0 aromatic heterocycles. The molecule has 3 rings (SSSR count). The minimum atomic E-state index is 0.609. The summed E-state index contributed by atoms with van der Waals surface area (Å²) in [5.41, 5.74) is 1.48. The Morgan fingerprint density at radius 1 is 1.17 bits per heavy atom. The van der Waals surface area contributed by atoms with Gasteiger partial charge in [0.15, 0.2) is 0 Å². The van der Waals surface area contributed by atoms with Crippen molar-refractivity contribution in [2.24, 2.45) is 0 Å². The third-order valence-corrected chi connectivity index (χ3v) is 4.28. The van der Waals surface area contributed by atoms with Crippen LogP contribution in [0.2, 0.25) is 0 Å². The number of rotatable bonds is 5. The molecule has 0 spiro atoms. The first-order chi connectivity index (χ1) is 8.86. The molecule has 2 atom stereocenters. The van der Waals surface area contributed by atoms with Crippen LogP contribution in [0.15, 0.2) is 30.3 Å². The fraction of sp³-hybridized carbons (Fsp3) is 0.625. The maximum atomic E-state index is 3.77. The molecule has 1 aliphatic carbocycles. The normalized spacial score (nSPS) is 26.4. The van der Waals surface area contributed by atoms with E-state index in [1.54, 1.807) is 0 Å². The average molecular weight is 244 g/mol. The van der Waals surface area contributed by atoms with Gasteiger partial charge in [-0.15, -0.1) is 0 Å². The van der Waals surface area contributed by atoms with Crippen LogP contribution in [0.1, 0.15) is 44.2 Å². The van der Waals surface area contributed by atoms with Crippen molar-refractivity contribution in [3.63, 3.8) is 0 Å². The van der Waals surface area contributed by atoms with E-state index in [0.717, 1.165) is 12.1 Å². The highest BCUT2D eigenvalue weighted by atomic mass is 15.2. The molecule has 1 aliphatic heterocycles. The second kappa shape index (κ2) is 5.41. The van der Waals surface area contributed by atoms with E-state index >= 15 is 0 Å². The fourth-order valence-electron chi connectivity index (χ4n) is 3.17. The topological polar surface area (TPSA) is 15.3 Å². The number of likely N-dealkylation sites (tertiary alicyclic amines) is 1. The zero-order chi connectivity index (χ0) is 12.4. The van der Waals surface area contributed by atoms with Gasteiger partial charge in [0.25, 0.3) is 0 Å². The fourth-order valence-corrected chi connectivity index (χ4v) is 3.17. The summed E-state index contributed by atoms with van der Waals surface area (Å²) in [6.07, 6.45) is 5.32. The first-order valence-electron chi connectivity index (χ1n) is 7.42. The van der Waals surface area contributed by atoms with Crippen molar-refractivity contribution in [1.29, 1.82) is 0 Å². The molecule has 2 fully saturated rings. The van der Waals surface area contributed by atoms with Gasteiger partial charge in [0.05, 0.1) is 0 Å². The van der Waals surface area contributed by atoms with Crippen LogP contribution < -0.4 is 5.32 Å². The largest absolute Gasteiger partial charge is 0.310 e. The van der Waals surface area contributed by atoms with Gasteiger partial charge in [-0.25, -0.2) is 0 Å². The number of hydrogen-bond donors (Lipinski definition) is 1. The van der Waals surface area contributed by atoms with Crippen molar-refractivity contribution >= 4 is 0 Å². The van der Waals surface area contributed by atoms with Crippen LogP contribution in [-0.4, -0.2) is 30.1 Å². The molecule has 0 bridgehead atoms. The summed E-state index contributed by atoms with van der Waals surface area (Å²) in [5, 5.41) is 3.77. The van der Waals surface area contributed by atoms with E-state index in [4.69, 9.17) is 0 Å². The van der Waals surface area contributed by atoms with Crippen molar-refractivity contribution in [1.82, 2.24) is 10.2 Å². The molecule has 1 heterocycles. The van der Waals surface area contributed by atoms with Gasteiger partial charge in [0, 0.05) is 31.2 Å². The molecule has 18 heavy (non-hydrogen) atoms. The summed E-state index contributed by atoms with van der Waals surface area (Å²) in [7, 11) is 0. The third kappa shape index (κ3) is 2.76. The van der Waals surface area contributed by atoms with Crippen molar-refractivity contribution in [2.75, 3.05) is 13.1 Å². The number of benzene rings is 1. The van der Waals surface area contributed by atoms with Gasteiger partial charge in [-0.05, 0) is 31.2 Å². The predicted octanol–water partition coefficient (Wildman–Crippen LogP) is 2.96. The quantitative estimate of drug-likeness (QED) is 0.856. The standard InChI is InChI=1S/C16H24N2/c1-2-16(13-6-4-3-5-7-13)18-11-10-15(12-18)17-14-8-9-14/h3-7,14-17H,2,8-12H2,1H3. The maximum Gasteiger partial charge on any atom is 0.0346 e. The lowest BCUT2D eigenvalue weighted by Crippen LogP contribution is -2.35. The molecule has 1 aromatic carbocycles. The SMILES string of the molecule is CCC(c1ccccc1)N1CCC(NC2CC2)C1. The van der Waals surface area contributed by atoms with Crippen LogP contribution in [0, 0.1) is 0 Å². The smallest absolute Gasteiger partial charge is 0.0346 e. The van der Waals surface area contributed by atoms with Gasteiger partial charge in [0.1, 0.15) is 0 Å². The molecule has 2 heteroatoms. The van der Waals surface area contributed by atoms with E-state index in [2.05, 4.69) is 47.5 Å². The Balaban J connectivity index is 1.62. The molecule has 2 nitrogen and oxygen atoms in total. The highest BCUT2D eigenvalue weighted by molar-refractivity contribution is 5.19. The molecule has 0 amide bonds. The first kappa shape index (κ1) is 12.2. The summed E-state index contributed by atoms with van der Waals surface area (Å²) in [6, 6.07) is 13.2. The molecule has 2 aliphatic rings. The van der Waals surface area contributed by atoms with Gasteiger partial charge >= 0.3 is 0 Å². The highest BCUT2D eigenvalue weighted by Crippen LogP contribution is 2.29. The Hall–Kier alpha value is -0.860. The lowest BCUT2D eigenvalue weighted by Gasteiger charge is -2.27. The molecule has 98 valence electrons. The maximum absolute atomic E-state index is 3.77. The summed E-state index contributed by atoms with van der Waals surface area (Å²) < 4.78 is 0. The first-order valence-corrected chi connectivity index (χ1v) is 7.42. The Kier molecular flexibility index (Phi) is 3.67. The Bertz CT molecular complexity index is 372. The molecular formula is C16H24N2. The number of nitrogens with one attached hydrogen (secondary N) is 1. The molecule has 1 N–H and O–H groups in total. The third-order valence-electron chi connectivity index (χ3n) is 4.28. The lowest BCUT2D eigenvalue weighted by molar-refractivity contribution is 0.233. The molecule has 2 unspecified atom stereocenters. The highest BCUT2D eigenvalue weighted by Gasteiger charge is 2.31. The average Bonchev–Trinajstić information content (AvgIpc) is 3.10. The Labute approximate surface area is 110 Å². The van der Waals surface area contributed by atoms with Crippen molar-refractivity contribution < 1.29 is 0 Å². The van der Waals surface area contributed by atoms with Crippen LogP contribution in [0.3, 0.4) is 0 Å². The van der Waals surface area contributed by atoms with E-state index in [9.17, 15) is 0 Å². The van der Waals surface area contributed by atoms with Gasteiger partial charge < -0.3 is 5.32 Å². The second-order valence-electron chi connectivity index (χ2n) is 5.76. The van der Waals surface area contributed by atoms with Gasteiger partial charge in [0.2, 0.25) is 0 Å². The predicted molar refractivity (Wildman–Crippen MR) is 75.6 cm³/mol. The van der Waals surface area contributed by atoms with Crippen molar-refractivity contribution in [2.45, 2.75) is 50.7 Å². The summed E-state index contributed by atoms with van der Waals surface area (Å²) in [5.74, 6) is 0. The van der Waals surface area contributed by atoms with Crippen molar-refractivity contribution in [3.05, 3.63) is 35.9 Å². The number of nitrogens with zero attached hydrogens (tertiary/aromatic N) is 1. The zero-order valence-corrected chi connectivity index (χ0v) is 11.3. The van der Waals surface area contributed by atoms with Crippen LogP contribution in [0.4, 0.5) is 0 Å². The Morgan fingerprint density at radius 3 is 2.61 bits per heavy atom. The Morgan fingerprint density at radius 2 is 1.94 bits per heavy atom. The van der Waals surface area contributed by atoms with E-state index < -0.39 is 0 Å². The van der Waals surface area contributed by atoms with Gasteiger partial charge in [-0.1, -0.05) is 37.3 Å². The van der Waals surface area contributed by atoms with Crippen LogP contribution in [0.5, 0.6) is 0 Å². The lowest BCUT2D eigenvalue weighted by atomic mass is 10.0. The van der Waals surface area contributed by atoms with Gasteiger partial charge in [-0.2, -0.15) is 0 Å². The molecule has 1 aromatic rings. The molecule has 0 radical (unpaired) electrons. The van der Waals surface area contributed by atoms with E-state index in [1.165, 1.54) is 44.3 Å². The van der Waals surface area contributed by atoms with Gasteiger partial charge in [-0.3, -0.25) is 4.90 Å². The number of hydrogen-bond acceptors (Lipinski definition) is 2. The van der Waals surface area contributed by atoms with Crippen LogP contribution >= 0.6 is 0 Å². The van der Waals surface area contributed by atoms with E-state index in [1.807, 2.05) is 0 Å². The zero-order valence-electron chi connectivity index (χ0n) is 11.3. The minimum absolute atomic E-state index is 0.609. The van der Waals surface area contributed by atoms with Crippen LogP contribution in [-0.2, 0) is 0 Å². The minimum Gasteiger partial charge on any atom is -0.310 e. The molecule has 1 saturated heterocycles. The molecular weight excluding hydrogens is 220 g/mol. The summed E-state index contributed by atoms with van der Waals surface area (Å²) in [4.78, 5) is 2.66. The second-order valence-corrected chi connectivity index (χ2v) is 5.76. The van der Waals surface area contributed by atoms with Crippen molar-refractivity contribution in [3.8, 4) is 0 Å².